The van der Waals surface area contributed by atoms with Gasteiger partial charge in [-0.15, -0.1) is 21.6 Å². The smallest absolute Gasteiger partial charge is 0.416 e. The van der Waals surface area contributed by atoms with Crippen LogP contribution in [0, 0.1) is 0 Å². The van der Waals surface area contributed by atoms with Gasteiger partial charge in [-0.05, 0) is 42.8 Å². The number of aromatic nitrogens is 3. The third-order valence-electron chi connectivity index (χ3n) is 4.07. The van der Waals surface area contributed by atoms with E-state index in [9.17, 15) is 23.1 Å². The minimum Gasteiger partial charge on any atom is -0.506 e. The molecule has 152 valence electrons. The average Bonchev–Trinajstić information content (AvgIpc) is 3.09. The number of phenols is 1. The maximum atomic E-state index is 12.9. The lowest BCUT2D eigenvalue weighted by molar-refractivity contribution is -0.137. The molecule has 0 aliphatic carbocycles. The second kappa shape index (κ2) is 7.82. The summed E-state index contributed by atoms with van der Waals surface area (Å²) in [4.78, 5) is 12.7. The fraction of sp³-hybridized carbons (Fsp3) is 0.211. The number of nitrogens with one attached hydrogen (secondary N) is 1. The highest BCUT2D eigenvalue weighted by atomic mass is 19.4. The zero-order chi connectivity index (χ0) is 21.2. The van der Waals surface area contributed by atoms with Gasteiger partial charge in [0, 0.05) is 6.54 Å². The second-order valence-corrected chi connectivity index (χ2v) is 6.16. The van der Waals surface area contributed by atoms with E-state index in [0.717, 1.165) is 16.9 Å². The van der Waals surface area contributed by atoms with E-state index in [-0.39, 0.29) is 29.0 Å². The molecule has 7 nitrogen and oxygen atoms in total. The van der Waals surface area contributed by atoms with Crippen LogP contribution in [-0.4, -0.2) is 32.7 Å². The van der Waals surface area contributed by atoms with Crippen molar-refractivity contribution >= 4 is 17.1 Å². The second-order valence-electron chi connectivity index (χ2n) is 6.16. The van der Waals surface area contributed by atoms with E-state index >= 15 is 0 Å². The zero-order valence-electron chi connectivity index (χ0n) is 15.3. The number of carbonyl (C=O) groups is 1. The van der Waals surface area contributed by atoms with Crippen LogP contribution in [0.5, 0.6) is 5.75 Å². The summed E-state index contributed by atoms with van der Waals surface area (Å²) in [6.07, 6.45) is -4.31. The zero-order valence-corrected chi connectivity index (χ0v) is 15.3. The van der Waals surface area contributed by atoms with Crippen LogP contribution in [-0.2, 0) is 10.9 Å². The van der Waals surface area contributed by atoms with Gasteiger partial charge in [0.15, 0.2) is 0 Å². The van der Waals surface area contributed by atoms with E-state index in [4.69, 9.17) is 4.74 Å². The van der Waals surface area contributed by atoms with Crippen molar-refractivity contribution in [1.82, 2.24) is 20.3 Å². The van der Waals surface area contributed by atoms with Gasteiger partial charge in [0.25, 0.3) is 0 Å². The number of ether oxygens (including phenoxy) is 1. The summed E-state index contributed by atoms with van der Waals surface area (Å²) < 4.78 is 43.9. The number of hydrogen-bond acceptors (Lipinski definition) is 5. The van der Waals surface area contributed by atoms with Crippen LogP contribution in [0.3, 0.4) is 0 Å². The van der Waals surface area contributed by atoms with E-state index < -0.39 is 23.9 Å². The lowest BCUT2D eigenvalue weighted by atomic mass is 10.1. The third kappa shape index (κ3) is 4.48. The normalized spacial score (nSPS) is 12.6. The Kier molecular flexibility index (Phi) is 5.44. The first-order valence-electron chi connectivity index (χ1n) is 8.52. The van der Waals surface area contributed by atoms with Crippen molar-refractivity contribution in [2.75, 3.05) is 6.54 Å². The molecule has 1 atom stereocenters. The summed E-state index contributed by atoms with van der Waals surface area (Å²) in [6.45, 7) is 5.36. The largest absolute Gasteiger partial charge is 0.506 e. The predicted octanol–water partition coefficient (Wildman–Crippen LogP) is 4.12. The number of hydrogen-bond donors (Lipinski definition) is 2. The number of amides is 1. The summed E-state index contributed by atoms with van der Waals surface area (Å²) in [5, 5.41) is 20.8. The van der Waals surface area contributed by atoms with Crippen molar-refractivity contribution in [2.24, 2.45) is 0 Å². The molecule has 0 saturated heterocycles. The Labute approximate surface area is 163 Å². The molecule has 0 saturated carbocycles. The number of fused-ring (bicyclic) bond motifs is 1. The maximum absolute atomic E-state index is 12.9. The number of alkyl carbamates (subject to hydrolysis) is 1. The molecule has 29 heavy (non-hydrogen) atoms. The lowest BCUT2D eigenvalue weighted by Gasteiger charge is -2.15. The van der Waals surface area contributed by atoms with Crippen molar-refractivity contribution < 1.29 is 27.8 Å². The number of phenolic OH excluding ortho intramolecular Hbond substituents is 1. The van der Waals surface area contributed by atoms with Crippen LogP contribution in [0.2, 0.25) is 0 Å². The summed E-state index contributed by atoms with van der Waals surface area (Å²) in [5.41, 5.74) is 0.0781. The Morgan fingerprint density at radius 3 is 2.69 bits per heavy atom. The maximum Gasteiger partial charge on any atom is 0.416 e. The molecular formula is C19H17F3N4O3. The van der Waals surface area contributed by atoms with Crippen molar-refractivity contribution in [3.63, 3.8) is 0 Å². The van der Waals surface area contributed by atoms with Gasteiger partial charge in [-0.3, -0.25) is 0 Å². The molecule has 0 aliphatic rings. The van der Waals surface area contributed by atoms with E-state index in [0.29, 0.717) is 5.56 Å². The Morgan fingerprint density at radius 2 is 2.00 bits per heavy atom. The van der Waals surface area contributed by atoms with Crippen LogP contribution >= 0.6 is 0 Å². The highest BCUT2D eigenvalue weighted by Crippen LogP contribution is 2.31. The summed E-state index contributed by atoms with van der Waals surface area (Å²) in [6, 6.07) is 7.41. The Bertz CT molecular complexity index is 1060. The van der Waals surface area contributed by atoms with Crippen molar-refractivity contribution in [3.05, 3.63) is 60.2 Å². The molecule has 0 fully saturated rings. The summed E-state index contributed by atoms with van der Waals surface area (Å²) in [5.74, 6) is -0.187. The molecule has 3 aromatic rings. The molecule has 0 spiro atoms. The molecule has 2 aromatic carbocycles. The van der Waals surface area contributed by atoms with E-state index in [1.165, 1.54) is 24.3 Å². The Hall–Kier alpha value is -3.56. The molecule has 1 unspecified atom stereocenters. The minimum atomic E-state index is -4.50. The SMILES string of the molecule is C=CCNC(=O)OC(C)c1ccc(O)c(-n2nc3ccc(C(F)(F)F)cc3n2)c1. The first-order chi connectivity index (χ1) is 13.7. The highest BCUT2D eigenvalue weighted by Gasteiger charge is 2.31. The van der Waals surface area contributed by atoms with E-state index in [1.807, 2.05) is 0 Å². The van der Waals surface area contributed by atoms with Gasteiger partial charge in [-0.1, -0.05) is 12.1 Å². The van der Waals surface area contributed by atoms with Gasteiger partial charge in [0.05, 0.1) is 5.56 Å². The number of aromatic hydroxyl groups is 1. The number of nitrogens with zero attached hydrogens (tertiary/aromatic N) is 3. The topological polar surface area (TPSA) is 89.3 Å². The van der Waals surface area contributed by atoms with Crippen molar-refractivity contribution in [2.45, 2.75) is 19.2 Å². The molecular weight excluding hydrogens is 389 g/mol. The number of alkyl halides is 3. The van der Waals surface area contributed by atoms with Crippen LogP contribution in [0.15, 0.2) is 49.1 Å². The number of benzene rings is 2. The van der Waals surface area contributed by atoms with Gasteiger partial charge < -0.3 is 15.2 Å². The lowest BCUT2D eigenvalue weighted by Crippen LogP contribution is -2.25. The first kappa shape index (κ1) is 20.2. The minimum absolute atomic E-state index is 0.0257. The molecule has 0 radical (unpaired) electrons. The molecule has 3 rings (SSSR count). The van der Waals surface area contributed by atoms with Gasteiger partial charge >= 0.3 is 12.3 Å². The van der Waals surface area contributed by atoms with Crippen LogP contribution in [0.25, 0.3) is 16.7 Å². The molecule has 0 aliphatic heterocycles. The molecule has 1 heterocycles. The van der Waals surface area contributed by atoms with Crippen molar-refractivity contribution in [3.8, 4) is 11.4 Å². The quantitative estimate of drug-likeness (QED) is 0.623. The molecule has 1 aromatic heterocycles. The molecule has 0 bridgehead atoms. The van der Waals surface area contributed by atoms with Gasteiger partial charge in [-0.25, -0.2) is 4.79 Å². The summed E-state index contributed by atoms with van der Waals surface area (Å²) in [7, 11) is 0. The fourth-order valence-electron chi connectivity index (χ4n) is 2.58. The first-order valence-corrected chi connectivity index (χ1v) is 8.52. The standard InChI is InChI=1S/C19H17F3N4O3/c1-3-8-23-18(28)29-11(2)12-4-7-17(27)16(9-12)26-24-14-6-5-13(19(20,21)22)10-15(14)25-26/h3-7,9-11,27H,1,8H2,2H3,(H,23,28). The third-order valence-corrected chi connectivity index (χ3v) is 4.07. The number of halogens is 3. The molecule has 2 N–H and O–H groups in total. The Morgan fingerprint density at radius 1 is 1.28 bits per heavy atom. The van der Waals surface area contributed by atoms with Crippen LogP contribution < -0.4 is 5.32 Å². The van der Waals surface area contributed by atoms with E-state index in [1.54, 1.807) is 13.0 Å². The van der Waals surface area contributed by atoms with Crippen LogP contribution in [0.1, 0.15) is 24.2 Å². The molecule has 1 amide bonds. The van der Waals surface area contributed by atoms with Crippen molar-refractivity contribution in [1.29, 1.82) is 0 Å². The number of rotatable bonds is 5. The summed E-state index contributed by atoms with van der Waals surface area (Å²) >= 11 is 0. The van der Waals surface area contributed by atoms with Gasteiger partial charge in [0.2, 0.25) is 0 Å². The Balaban J connectivity index is 1.91. The number of carbonyl (C=O) groups excluding carboxylic acids is 1. The highest BCUT2D eigenvalue weighted by molar-refractivity contribution is 5.75. The van der Waals surface area contributed by atoms with Crippen LogP contribution in [0.4, 0.5) is 18.0 Å². The van der Waals surface area contributed by atoms with Gasteiger partial charge in [0.1, 0.15) is 28.6 Å². The van der Waals surface area contributed by atoms with E-state index in [2.05, 4.69) is 22.1 Å². The average molecular weight is 406 g/mol. The molecule has 10 heteroatoms. The fourth-order valence-corrected chi connectivity index (χ4v) is 2.58. The monoisotopic (exact) mass is 406 g/mol. The van der Waals surface area contributed by atoms with Gasteiger partial charge in [-0.2, -0.15) is 13.2 Å². The predicted molar refractivity (Wildman–Crippen MR) is 98.6 cm³/mol.